The SMILES string of the molecule is CC[C@H](N)c1cc(Cl)cc(Cl)c1O.Cc1ccc(S(=O)(=O)O)cc1. The second kappa shape index (κ2) is 8.69. The number of hydrogen-bond acceptors (Lipinski definition) is 4. The van der Waals surface area contributed by atoms with E-state index < -0.39 is 10.1 Å². The number of phenols is 1. The topological polar surface area (TPSA) is 101 Å². The van der Waals surface area contributed by atoms with Gasteiger partial charge in [-0.1, -0.05) is 47.8 Å². The fraction of sp³-hybridized carbons (Fsp3) is 0.250. The van der Waals surface area contributed by atoms with Gasteiger partial charge in [0.25, 0.3) is 10.1 Å². The Morgan fingerprint density at radius 1 is 1.17 bits per heavy atom. The molecule has 0 aromatic heterocycles. The van der Waals surface area contributed by atoms with Crippen molar-refractivity contribution in [2.75, 3.05) is 0 Å². The van der Waals surface area contributed by atoms with Gasteiger partial charge in [0.15, 0.2) is 0 Å². The van der Waals surface area contributed by atoms with Crippen LogP contribution >= 0.6 is 23.2 Å². The lowest BCUT2D eigenvalue weighted by atomic mass is 10.0. The van der Waals surface area contributed by atoms with E-state index in [1.165, 1.54) is 18.2 Å². The second-order valence-corrected chi connectivity index (χ2v) is 7.39. The average Bonchev–Trinajstić information content (AvgIpc) is 2.50. The van der Waals surface area contributed by atoms with Crippen LogP contribution in [0, 0.1) is 6.92 Å². The predicted molar refractivity (Wildman–Crippen MR) is 96.3 cm³/mol. The maximum absolute atomic E-state index is 10.5. The van der Waals surface area contributed by atoms with Gasteiger partial charge >= 0.3 is 0 Å². The molecule has 132 valence electrons. The lowest BCUT2D eigenvalue weighted by Crippen LogP contribution is -2.08. The van der Waals surface area contributed by atoms with E-state index >= 15 is 0 Å². The molecule has 0 spiro atoms. The summed E-state index contributed by atoms with van der Waals surface area (Å²) in [5, 5.41) is 10.3. The Balaban J connectivity index is 0.000000243. The molecule has 0 fully saturated rings. The highest BCUT2D eigenvalue weighted by atomic mass is 35.5. The van der Waals surface area contributed by atoms with Gasteiger partial charge in [-0.25, -0.2) is 0 Å². The molecule has 0 aliphatic carbocycles. The smallest absolute Gasteiger partial charge is 0.294 e. The van der Waals surface area contributed by atoms with E-state index in [1.54, 1.807) is 18.2 Å². The standard InChI is InChI=1S/C9H11Cl2NO.C7H8O3S/c1-2-8(12)6-3-5(10)4-7(11)9(6)13;1-6-2-4-7(5-3-6)11(8,9)10/h3-4,8,13H,2,12H2,1H3;2-5H,1H3,(H,8,9,10)/t8-;/m0./s1. The molecule has 8 heteroatoms. The molecule has 0 saturated heterocycles. The molecule has 4 N–H and O–H groups in total. The number of aryl methyl sites for hydroxylation is 1. The molecule has 0 unspecified atom stereocenters. The third-order valence-corrected chi connectivity index (χ3v) is 4.59. The number of rotatable bonds is 3. The number of phenolic OH excluding ortho intramolecular Hbond substituents is 1. The molecule has 0 heterocycles. The Morgan fingerprint density at radius 3 is 2.17 bits per heavy atom. The minimum atomic E-state index is -4.02. The van der Waals surface area contributed by atoms with Gasteiger partial charge in [-0.15, -0.1) is 0 Å². The number of benzene rings is 2. The molecule has 0 aliphatic heterocycles. The van der Waals surface area contributed by atoms with E-state index in [2.05, 4.69) is 0 Å². The first-order valence-electron chi connectivity index (χ1n) is 7.04. The summed E-state index contributed by atoms with van der Waals surface area (Å²) in [6, 6.07) is 8.89. The highest BCUT2D eigenvalue weighted by molar-refractivity contribution is 7.85. The summed E-state index contributed by atoms with van der Waals surface area (Å²) in [6.07, 6.45) is 0.726. The zero-order valence-corrected chi connectivity index (χ0v) is 15.5. The van der Waals surface area contributed by atoms with Gasteiger partial charge in [-0.3, -0.25) is 4.55 Å². The van der Waals surface area contributed by atoms with E-state index in [4.69, 9.17) is 33.5 Å². The van der Waals surface area contributed by atoms with Crippen LogP contribution in [0.15, 0.2) is 41.3 Å². The molecule has 1 atom stereocenters. The van der Waals surface area contributed by atoms with E-state index in [9.17, 15) is 13.5 Å². The van der Waals surface area contributed by atoms with Crippen molar-refractivity contribution in [3.05, 3.63) is 57.6 Å². The van der Waals surface area contributed by atoms with Gasteiger partial charge < -0.3 is 10.8 Å². The molecule has 2 rings (SSSR count). The van der Waals surface area contributed by atoms with Crippen LogP contribution < -0.4 is 5.73 Å². The Morgan fingerprint density at radius 2 is 1.71 bits per heavy atom. The Hall–Kier alpha value is -1.31. The molecule has 24 heavy (non-hydrogen) atoms. The maximum atomic E-state index is 10.5. The van der Waals surface area contributed by atoms with Crippen LogP contribution in [0.25, 0.3) is 0 Å². The Bertz CT molecular complexity index is 792. The third kappa shape index (κ3) is 5.96. The highest BCUT2D eigenvalue weighted by Gasteiger charge is 2.12. The van der Waals surface area contributed by atoms with E-state index in [1.807, 2.05) is 13.8 Å². The first kappa shape index (κ1) is 20.7. The summed E-state index contributed by atoms with van der Waals surface area (Å²) in [7, 11) is -4.02. The van der Waals surface area contributed by atoms with E-state index in [-0.39, 0.29) is 21.7 Å². The zero-order chi connectivity index (χ0) is 18.5. The lowest BCUT2D eigenvalue weighted by Gasteiger charge is -2.12. The summed E-state index contributed by atoms with van der Waals surface area (Å²) >= 11 is 11.5. The Kier molecular flexibility index (Phi) is 7.51. The minimum Gasteiger partial charge on any atom is -0.506 e. The van der Waals surface area contributed by atoms with Crippen LogP contribution in [0.4, 0.5) is 0 Å². The van der Waals surface area contributed by atoms with Crippen molar-refractivity contribution in [3.8, 4) is 5.75 Å². The largest absolute Gasteiger partial charge is 0.506 e. The summed E-state index contributed by atoms with van der Waals surface area (Å²) in [5.74, 6) is 0.0282. The molecular weight excluding hydrogens is 373 g/mol. The highest BCUT2D eigenvalue weighted by Crippen LogP contribution is 2.34. The van der Waals surface area contributed by atoms with Gasteiger partial charge in [0, 0.05) is 16.6 Å². The summed E-state index contributed by atoms with van der Waals surface area (Å²) in [5.41, 5.74) is 7.31. The molecule has 2 aromatic rings. The quantitative estimate of drug-likeness (QED) is 0.675. The summed E-state index contributed by atoms with van der Waals surface area (Å²) < 4.78 is 29.6. The normalized spacial score (nSPS) is 12.2. The third-order valence-electron chi connectivity index (χ3n) is 3.22. The Labute approximate surface area is 151 Å². The van der Waals surface area contributed by atoms with Gasteiger partial charge in [0.2, 0.25) is 0 Å². The van der Waals surface area contributed by atoms with E-state index in [0.29, 0.717) is 10.6 Å². The first-order valence-corrected chi connectivity index (χ1v) is 9.23. The molecule has 0 saturated carbocycles. The number of halogens is 2. The zero-order valence-electron chi connectivity index (χ0n) is 13.2. The van der Waals surface area contributed by atoms with Crippen LogP contribution in [-0.4, -0.2) is 18.1 Å². The first-order chi connectivity index (χ1) is 11.1. The van der Waals surface area contributed by atoms with Crippen molar-refractivity contribution in [3.63, 3.8) is 0 Å². The van der Waals surface area contributed by atoms with Crippen LogP contribution in [0.3, 0.4) is 0 Å². The van der Waals surface area contributed by atoms with Crippen molar-refractivity contribution in [1.82, 2.24) is 0 Å². The minimum absolute atomic E-state index is 0.0282. The number of aromatic hydroxyl groups is 1. The second-order valence-electron chi connectivity index (χ2n) is 5.13. The molecule has 0 bridgehead atoms. The summed E-state index contributed by atoms with van der Waals surface area (Å²) in [4.78, 5) is -0.0666. The molecule has 0 amide bonds. The average molecular weight is 392 g/mol. The maximum Gasteiger partial charge on any atom is 0.294 e. The summed E-state index contributed by atoms with van der Waals surface area (Å²) in [6.45, 7) is 3.77. The molecule has 2 aromatic carbocycles. The molecule has 0 radical (unpaired) electrons. The van der Waals surface area contributed by atoms with Gasteiger partial charge in [0.1, 0.15) is 5.75 Å². The molecule has 5 nitrogen and oxygen atoms in total. The molecular formula is C16H19Cl2NO4S. The van der Waals surface area contributed by atoms with Gasteiger partial charge in [-0.2, -0.15) is 8.42 Å². The van der Waals surface area contributed by atoms with Crippen LogP contribution in [-0.2, 0) is 10.1 Å². The van der Waals surface area contributed by atoms with Gasteiger partial charge in [0.05, 0.1) is 9.92 Å². The van der Waals surface area contributed by atoms with Crippen LogP contribution in [0.1, 0.15) is 30.5 Å². The predicted octanol–water partition coefficient (Wildman–Crippen LogP) is 4.35. The van der Waals surface area contributed by atoms with Crippen LogP contribution in [0.5, 0.6) is 5.75 Å². The van der Waals surface area contributed by atoms with Crippen LogP contribution in [0.2, 0.25) is 10.0 Å². The van der Waals surface area contributed by atoms with Crippen molar-refractivity contribution in [1.29, 1.82) is 0 Å². The fourth-order valence-electron chi connectivity index (χ4n) is 1.80. The monoisotopic (exact) mass is 391 g/mol. The van der Waals surface area contributed by atoms with Crippen molar-refractivity contribution >= 4 is 33.3 Å². The van der Waals surface area contributed by atoms with Crippen molar-refractivity contribution in [2.45, 2.75) is 31.2 Å². The van der Waals surface area contributed by atoms with Crippen molar-refractivity contribution in [2.24, 2.45) is 5.73 Å². The van der Waals surface area contributed by atoms with Gasteiger partial charge in [-0.05, 0) is 37.6 Å². The fourth-order valence-corrected chi connectivity index (χ4v) is 2.79. The lowest BCUT2D eigenvalue weighted by molar-refractivity contribution is 0.460. The van der Waals surface area contributed by atoms with Crippen molar-refractivity contribution < 1.29 is 18.1 Å². The van der Waals surface area contributed by atoms with E-state index in [0.717, 1.165) is 12.0 Å². The number of hydrogen-bond donors (Lipinski definition) is 3. The molecule has 0 aliphatic rings. The number of nitrogens with two attached hydrogens (primary N) is 1.